The lowest BCUT2D eigenvalue weighted by atomic mass is 10.2. The molecule has 0 bridgehead atoms. The van der Waals surface area contributed by atoms with E-state index in [0.717, 1.165) is 12.2 Å². The van der Waals surface area contributed by atoms with Crippen molar-refractivity contribution in [1.29, 1.82) is 0 Å². The second kappa shape index (κ2) is 6.29. The summed E-state index contributed by atoms with van der Waals surface area (Å²) in [7, 11) is -0.523. The Hall–Kier alpha value is -2.32. The van der Waals surface area contributed by atoms with Crippen LogP contribution in [0.1, 0.15) is 18.1 Å². The minimum atomic E-state index is -3.58. The fourth-order valence-electron chi connectivity index (χ4n) is 2.66. The predicted molar refractivity (Wildman–Crippen MR) is 90.4 cm³/mol. The number of carbonyl (C=O) groups excluding carboxylic acids is 1. The number of rotatable bonds is 6. The average molecular weight is 349 g/mol. The fraction of sp³-hybridized carbons (Fsp3) is 0.312. The molecule has 24 heavy (non-hydrogen) atoms. The lowest BCUT2D eigenvalue weighted by Crippen LogP contribution is -2.20. The molecule has 1 aliphatic carbocycles. The molecule has 3 N–H and O–H groups in total. The zero-order valence-electron chi connectivity index (χ0n) is 13.4. The van der Waals surface area contributed by atoms with E-state index in [4.69, 9.17) is 4.42 Å². The van der Waals surface area contributed by atoms with E-state index in [2.05, 4.69) is 15.4 Å². The van der Waals surface area contributed by atoms with Gasteiger partial charge < -0.3 is 15.1 Å². The lowest BCUT2D eigenvalue weighted by molar-refractivity contribution is -0.117. The SMILES string of the molecule is CNc1ccc(S(=O)(=O)NC)cc1NC(=O)[C@@H]1C[C@@H]1c1ccco1. The van der Waals surface area contributed by atoms with E-state index >= 15 is 0 Å². The number of hydrogen-bond acceptors (Lipinski definition) is 5. The van der Waals surface area contributed by atoms with Gasteiger partial charge in [-0.05, 0) is 43.8 Å². The predicted octanol–water partition coefficient (Wildman–Crippen LogP) is 1.97. The molecule has 1 fully saturated rings. The largest absolute Gasteiger partial charge is 0.469 e. The topological polar surface area (TPSA) is 100 Å². The maximum Gasteiger partial charge on any atom is 0.240 e. The van der Waals surface area contributed by atoms with Gasteiger partial charge in [-0.3, -0.25) is 4.79 Å². The Morgan fingerprint density at radius 3 is 2.62 bits per heavy atom. The van der Waals surface area contributed by atoms with Gasteiger partial charge in [-0.15, -0.1) is 0 Å². The van der Waals surface area contributed by atoms with Crippen molar-refractivity contribution in [3.8, 4) is 0 Å². The van der Waals surface area contributed by atoms with Gasteiger partial charge in [0.25, 0.3) is 0 Å². The normalized spacial score (nSPS) is 19.8. The Morgan fingerprint density at radius 2 is 2.00 bits per heavy atom. The Balaban J connectivity index is 1.79. The van der Waals surface area contributed by atoms with Crippen LogP contribution in [0.25, 0.3) is 0 Å². The number of benzene rings is 1. The van der Waals surface area contributed by atoms with E-state index in [9.17, 15) is 13.2 Å². The summed E-state index contributed by atoms with van der Waals surface area (Å²) in [5.41, 5.74) is 1.08. The van der Waals surface area contributed by atoms with Crippen molar-refractivity contribution in [2.24, 2.45) is 5.92 Å². The van der Waals surface area contributed by atoms with Crippen molar-refractivity contribution in [3.05, 3.63) is 42.4 Å². The highest BCUT2D eigenvalue weighted by Gasteiger charge is 2.46. The third-order valence-electron chi connectivity index (χ3n) is 4.13. The first-order valence-corrected chi connectivity index (χ1v) is 9.04. The molecule has 1 heterocycles. The van der Waals surface area contributed by atoms with Crippen LogP contribution < -0.4 is 15.4 Å². The van der Waals surface area contributed by atoms with Gasteiger partial charge in [0, 0.05) is 18.9 Å². The molecule has 1 amide bonds. The number of sulfonamides is 1. The highest BCUT2D eigenvalue weighted by molar-refractivity contribution is 7.89. The molecule has 128 valence electrons. The van der Waals surface area contributed by atoms with E-state index in [1.807, 2.05) is 6.07 Å². The highest BCUT2D eigenvalue weighted by atomic mass is 32.2. The van der Waals surface area contributed by atoms with Crippen LogP contribution in [0, 0.1) is 5.92 Å². The van der Waals surface area contributed by atoms with Crippen LogP contribution in [0.5, 0.6) is 0 Å². The fourth-order valence-corrected chi connectivity index (χ4v) is 3.41. The van der Waals surface area contributed by atoms with Gasteiger partial charge in [0.2, 0.25) is 15.9 Å². The summed E-state index contributed by atoms with van der Waals surface area (Å²) in [6.07, 6.45) is 2.32. The first-order chi connectivity index (χ1) is 11.5. The third kappa shape index (κ3) is 3.15. The van der Waals surface area contributed by atoms with Gasteiger partial charge in [0.05, 0.1) is 22.5 Å². The van der Waals surface area contributed by atoms with Crippen LogP contribution in [0.2, 0.25) is 0 Å². The van der Waals surface area contributed by atoms with Crippen molar-refractivity contribution in [2.45, 2.75) is 17.2 Å². The van der Waals surface area contributed by atoms with Crippen LogP contribution in [0.3, 0.4) is 0 Å². The second-order valence-corrected chi connectivity index (χ2v) is 7.50. The molecule has 3 rings (SSSR count). The van der Waals surface area contributed by atoms with Crippen LogP contribution in [-0.4, -0.2) is 28.4 Å². The standard InChI is InChI=1S/C16H19N3O4S/c1-17-13-6-5-10(24(21,22)18-2)8-14(13)19-16(20)12-9-11(12)15-4-3-7-23-15/h3-8,11-12,17-18H,9H2,1-2H3,(H,19,20)/t11-,12+/m0/s1. The smallest absolute Gasteiger partial charge is 0.240 e. The average Bonchev–Trinajstić information content (AvgIpc) is 3.20. The van der Waals surface area contributed by atoms with E-state index in [-0.39, 0.29) is 22.6 Å². The zero-order valence-corrected chi connectivity index (χ0v) is 14.2. The molecule has 0 unspecified atom stereocenters. The molecule has 7 nitrogen and oxygen atoms in total. The maximum atomic E-state index is 12.4. The Morgan fingerprint density at radius 1 is 1.21 bits per heavy atom. The first kappa shape index (κ1) is 16.5. The molecule has 0 saturated heterocycles. The minimum Gasteiger partial charge on any atom is -0.469 e. The Labute approximate surface area is 140 Å². The molecule has 0 radical (unpaired) electrons. The summed E-state index contributed by atoms with van der Waals surface area (Å²) in [5.74, 6) is 0.579. The van der Waals surface area contributed by atoms with Gasteiger partial charge in [0.1, 0.15) is 5.76 Å². The van der Waals surface area contributed by atoms with E-state index in [1.54, 1.807) is 25.4 Å². The first-order valence-electron chi connectivity index (χ1n) is 7.56. The molecular weight excluding hydrogens is 330 g/mol. The van der Waals surface area contributed by atoms with Gasteiger partial charge in [-0.2, -0.15) is 0 Å². The molecule has 1 aliphatic rings. The number of anilines is 2. The van der Waals surface area contributed by atoms with Crippen LogP contribution in [0.4, 0.5) is 11.4 Å². The number of furan rings is 1. The van der Waals surface area contributed by atoms with E-state index in [0.29, 0.717) is 11.4 Å². The van der Waals surface area contributed by atoms with Gasteiger partial charge >= 0.3 is 0 Å². The lowest BCUT2D eigenvalue weighted by Gasteiger charge is -2.13. The molecule has 2 aromatic rings. The zero-order chi connectivity index (χ0) is 17.3. The molecule has 2 atom stereocenters. The summed E-state index contributed by atoms with van der Waals surface area (Å²) in [5, 5.41) is 5.76. The Bertz CT molecular complexity index is 846. The van der Waals surface area contributed by atoms with Crippen molar-refractivity contribution in [1.82, 2.24) is 4.72 Å². The summed E-state index contributed by atoms with van der Waals surface area (Å²) in [4.78, 5) is 12.5. The summed E-state index contributed by atoms with van der Waals surface area (Å²) in [6, 6.07) is 8.21. The molecule has 1 aromatic heterocycles. The van der Waals surface area contributed by atoms with Gasteiger partial charge in [0.15, 0.2) is 0 Å². The molecule has 0 aliphatic heterocycles. The third-order valence-corrected chi connectivity index (χ3v) is 5.55. The van der Waals surface area contributed by atoms with Crippen LogP contribution in [0.15, 0.2) is 45.9 Å². The highest BCUT2D eigenvalue weighted by Crippen LogP contribution is 2.48. The quantitative estimate of drug-likeness (QED) is 0.740. The van der Waals surface area contributed by atoms with E-state index in [1.165, 1.54) is 19.2 Å². The maximum absolute atomic E-state index is 12.4. The van der Waals surface area contributed by atoms with Crippen molar-refractivity contribution in [3.63, 3.8) is 0 Å². The second-order valence-electron chi connectivity index (χ2n) is 5.62. The van der Waals surface area contributed by atoms with Gasteiger partial charge in [-0.25, -0.2) is 13.1 Å². The van der Waals surface area contributed by atoms with Gasteiger partial charge in [-0.1, -0.05) is 0 Å². The van der Waals surface area contributed by atoms with Crippen molar-refractivity contribution >= 4 is 27.3 Å². The molecular formula is C16H19N3O4S. The van der Waals surface area contributed by atoms with Crippen LogP contribution in [-0.2, 0) is 14.8 Å². The summed E-state index contributed by atoms with van der Waals surface area (Å²) >= 11 is 0. The number of hydrogen-bond donors (Lipinski definition) is 3. The van der Waals surface area contributed by atoms with Crippen molar-refractivity contribution in [2.75, 3.05) is 24.7 Å². The minimum absolute atomic E-state index is 0.0854. The summed E-state index contributed by atoms with van der Waals surface area (Å²) in [6.45, 7) is 0. The number of nitrogens with one attached hydrogen (secondary N) is 3. The molecule has 8 heteroatoms. The van der Waals surface area contributed by atoms with E-state index < -0.39 is 10.0 Å². The Kier molecular flexibility index (Phi) is 4.33. The van der Waals surface area contributed by atoms with Crippen molar-refractivity contribution < 1.29 is 17.6 Å². The molecule has 1 saturated carbocycles. The number of carbonyl (C=O) groups is 1. The molecule has 1 aromatic carbocycles. The number of amides is 1. The van der Waals surface area contributed by atoms with Crippen LogP contribution >= 0.6 is 0 Å². The summed E-state index contributed by atoms with van der Waals surface area (Å²) < 4.78 is 31.5. The monoisotopic (exact) mass is 349 g/mol. The molecule has 0 spiro atoms.